The summed E-state index contributed by atoms with van der Waals surface area (Å²) in [5.74, 6) is 1.85. The lowest BCUT2D eigenvalue weighted by atomic mass is 10.1. The SMILES string of the molecule is COc1ccc(CNc2nc(SC(CO)C(C)C)nc3c2ncn3C(C)C)cc1. The summed E-state index contributed by atoms with van der Waals surface area (Å²) in [5, 5.41) is 13.8. The number of aromatic nitrogens is 4. The fraction of sp³-hybridized carbons (Fsp3) is 0.476. The van der Waals surface area contributed by atoms with Crippen LogP contribution in [0.3, 0.4) is 0 Å². The Hall–Kier alpha value is -2.32. The summed E-state index contributed by atoms with van der Waals surface area (Å²) >= 11 is 1.51. The van der Waals surface area contributed by atoms with E-state index in [9.17, 15) is 5.11 Å². The molecular weight excluding hydrogens is 386 g/mol. The Bertz CT molecular complexity index is 940. The monoisotopic (exact) mass is 415 g/mol. The fourth-order valence-electron chi connectivity index (χ4n) is 2.90. The van der Waals surface area contributed by atoms with Gasteiger partial charge in [0.25, 0.3) is 0 Å². The molecule has 0 bridgehead atoms. The average molecular weight is 416 g/mol. The average Bonchev–Trinajstić information content (AvgIpc) is 3.14. The third kappa shape index (κ3) is 5.00. The van der Waals surface area contributed by atoms with Crippen molar-refractivity contribution in [2.45, 2.75) is 50.7 Å². The number of aliphatic hydroxyl groups excluding tert-OH is 1. The Kier molecular flexibility index (Phi) is 6.97. The van der Waals surface area contributed by atoms with E-state index in [-0.39, 0.29) is 17.9 Å². The molecule has 29 heavy (non-hydrogen) atoms. The number of hydrogen-bond acceptors (Lipinski definition) is 7. The minimum atomic E-state index is 0.0392. The second kappa shape index (κ2) is 9.45. The van der Waals surface area contributed by atoms with Gasteiger partial charge in [0, 0.05) is 17.8 Å². The van der Waals surface area contributed by atoms with Gasteiger partial charge < -0.3 is 19.7 Å². The summed E-state index contributed by atoms with van der Waals surface area (Å²) in [6.07, 6.45) is 1.81. The van der Waals surface area contributed by atoms with Crippen LogP contribution in [0.5, 0.6) is 5.75 Å². The van der Waals surface area contributed by atoms with E-state index in [0.717, 1.165) is 22.5 Å². The van der Waals surface area contributed by atoms with Crippen LogP contribution in [0, 0.1) is 5.92 Å². The number of imidazole rings is 1. The van der Waals surface area contributed by atoms with E-state index in [4.69, 9.17) is 14.7 Å². The zero-order chi connectivity index (χ0) is 21.0. The van der Waals surface area contributed by atoms with Crippen molar-refractivity contribution in [2.24, 2.45) is 5.92 Å². The van der Waals surface area contributed by atoms with Gasteiger partial charge in [-0.3, -0.25) is 0 Å². The summed E-state index contributed by atoms with van der Waals surface area (Å²) in [6, 6.07) is 8.16. The van der Waals surface area contributed by atoms with Crippen LogP contribution in [-0.2, 0) is 6.54 Å². The van der Waals surface area contributed by atoms with Crippen molar-refractivity contribution < 1.29 is 9.84 Å². The van der Waals surface area contributed by atoms with Gasteiger partial charge in [0.05, 0.1) is 20.0 Å². The lowest BCUT2D eigenvalue weighted by molar-refractivity contribution is 0.275. The largest absolute Gasteiger partial charge is 0.497 e. The molecule has 0 saturated carbocycles. The quantitative estimate of drug-likeness (QED) is 0.401. The molecule has 2 aromatic heterocycles. The fourth-order valence-corrected chi connectivity index (χ4v) is 3.80. The maximum absolute atomic E-state index is 9.72. The van der Waals surface area contributed by atoms with E-state index in [1.807, 2.05) is 35.2 Å². The van der Waals surface area contributed by atoms with Crippen LogP contribution in [0.15, 0.2) is 35.7 Å². The minimum absolute atomic E-state index is 0.0392. The van der Waals surface area contributed by atoms with Crippen LogP contribution in [0.25, 0.3) is 11.2 Å². The molecule has 0 aliphatic rings. The standard InChI is InChI=1S/C21H29N5O2S/c1-13(2)17(11-27)29-21-24-19(18-20(25-21)26(12-23-18)14(3)4)22-10-15-6-8-16(28-5)9-7-15/h6-9,12-14,17,27H,10-11H2,1-5H3,(H,22,24,25). The number of rotatable bonds is 9. The molecular formula is C21H29N5O2S. The van der Waals surface area contributed by atoms with Crippen molar-refractivity contribution in [3.63, 3.8) is 0 Å². The summed E-state index contributed by atoms with van der Waals surface area (Å²) in [7, 11) is 1.66. The van der Waals surface area contributed by atoms with Crippen molar-refractivity contribution in [3.8, 4) is 5.75 Å². The number of methoxy groups -OCH3 is 1. The van der Waals surface area contributed by atoms with Gasteiger partial charge in [-0.25, -0.2) is 15.0 Å². The van der Waals surface area contributed by atoms with Crippen LogP contribution in [0.1, 0.15) is 39.3 Å². The number of ether oxygens (including phenoxy) is 1. The third-order valence-electron chi connectivity index (χ3n) is 4.76. The number of nitrogens with one attached hydrogen (secondary N) is 1. The van der Waals surface area contributed by atoms with E-state index < -0.39 is 0 Å². The van der Waals surface area contributed by atoms with Gasteiger partial charge in [-0.1, -0.05) is 37.7 Å². The molecule has 0 saturated heterocycles. The Morgan fingerprint density at radius 2 is 1.86 bits per heavy atom. The Balaban J connectivity index is 1.92. The van der Waals surface area contributed by atoms with Crippen LogP contribution in [-0.4, -0.2) is 43.6 Å². The first-order valence-corrected chi connectivity index (χ1v) is 10.7. The molecule has 0 radical (unpaired) electrons. The Morgan fingerprint density at radius 3 is 2.45 bits per heavy atom. The number of anilines is 1. The molecule has 156 valence electrons. The highest BCUT2D eigenvalue weighted by molar-refractivity contribution is 7.99. The van der Waals surface area contributed by atoms with Gasteiger partial charge >= 0.3 is 0 Å². The van der Waals surface area contributed by atoms with Crippen molar-refractivity contribution in [1.82, 2.24) is 19.5 Å². The second-order valence-electron chi connectivity index (χ2n) is 7.56. The molecule has 8 heteroatoms. The summed E-state index contributed by atoms with van der Waals surface area (Å²) in [4.78, 5) is 14.0. The van der Waals surface area contributed by atoms with E-state index >= 15 is 0 Å². The molecule has 3 aromatic rings. The maximum Gasteiger partial charge on any atom is 0.192 e. The molecule has 7 nitrogen and oxygen atoms in total. The number of thioether (sulfide) groups is 1. The second-order valence-corrected chi connectivity index (χ2v) is 8.76. The molecule has 0 spiro atoms. The highest BCUT2D eigenvalue weighted by Gasteiger charge is 2.19. The van der Waals surface area contributed by atoms with Crippen molar-refractivity contribution in [1.29, 1.82) is 0 Å². The first-order valence-electron chi connectivity index (χ1n) is 9.81. The molecule has 2 heterocycles. The molecule has 1 atom stereocenters. The predicted octanol–water partition coefficient (Wildman–Crippen LogP) is 4.14. The number of nitrogens with zero attached hydrogens (tertiary/aromatic N) is 4. The highest BCUT2D eigenvalue weighted by Crippen LogP contribution is 2.30. The van der Waals surface area contributed by atoms with E-state index in [0.29, 0.717) is 23.4 Å². The Labute approximate surface area is 175 Å². The van der Waals surface area contributed by atoms with Crippen molar-refractivity contribution in [2.75, 3.05) is 19.0 Å². The van der Waals surface area contributed by atoms with Gasteiger partial charge in [-0.15, -0.1) is 0 Å². The summed E-state index contributed by atoms with van der Waals surface area (Å²) < 4.78 is 7.26. The zero-order valence-electron chi connectivity index (χ0n) is 17.6. The molecule has 0 amide bonds. The zero-order valence-corrected chi connectivity index (χ0v) is 18.4. The number of benzene rings is 1. The normalized spacial score (nSPS) is 12.7. The van der Waals surface area contributed by atoms with Gasteiger partial charge in [0.1, 0.15) is 5.75 Å². The highest BCUT2D eigenvalue weighted by atomic mass is 32.2. The molecule has 1 unspecified atom stereocenters. The number of fused-ring (bicyclic) bond motifs is 1. The van der Waals surface area contributed by atoms with Crippen LogP contribution in [0.4, 0.5) is 5.82 Å². The van der Waals surface area contributed by atoms with Crippen molar-refractivity contribution >= 4 is 28.7 Å². The topological polar surface area (TPSA) is 85.1 Å². The number of aliphatic hydroxyl groups is 1. The molecule has 0 aliphatic carbocycles. The number of hydrogen-bond donors (Lipinski definition) is 2. The molecule has 3 rings (SSSR count). The lowest BCUT2D eigenvalue weighted by Gasteiger charge is -2.17. The van der Waals surface area contributed by atoms with E-state index in [2.05, 4.69) is 38.0 Å². The van der Waals surface area contributed by atoms with Crippen LogP contribution in [0.2, 0.25) is 0 Å². The smallest absolute Gasteiger partial charge is 0.192 e. The van der Waals surface area contributed by atoms with E-state index in [1.165, 1.54) is 11.8 Å². The maximum atomic E-state index is 9.72. The molecule has 0 aliphatic heterocycles. The lowest BCUT2D eigenvalue weighted by Crippen LogP contribution is -2.17. The first kappa shape index (κ1) is 21.4. The van der Waals surface area contributed by atoms with Gasteiger partial charge in [0.2, 0.25) is 0 Å². The van der Waals surface area contributed by atoms with Gasteiger partial charge in [-0.2, -0.15) is 0 Å². The molecule has 2 N–H and O–H groups in total. The molecule has 1 aromatic carbocycles. The van der Waals surface area contributed by atoms with Crippen LogP contribution < -0.4 is 10.1 Å². The predicted molar refractivity (Wildman–Crippen MR) is 118 cm³/mol. The van der Waals surface area contributed by atoms with Crippen molar-refractivity contribution in [3.05, 3.63) is 36.2 Å². The summed E-state index contributed by atoms with van der Waals surface area (Å²) in [5.41, 5.74) is 2.67. The first-order chi connectivity index (χ1) is 13.9. The van der Waals surface area contributed by atoms with Gasteiger partial charge in [0.15, 0.2) is 22.1 Å². The molecule has 0 fully saturated rings. The van der Waals surface area contributed by atoms with E-state index in [1.54, 1.807) is 7.11 Å². The third-order valence-corrected chi connectivity index (χ3v) is 6.15. The summed E-state index contributed by atoms with van der Waals surface area (Å²) in [6.45, 7) is 9.09. The Morgan fingerprint density at radius 1 is 1.14 bits per heavy atom. The minimum Gasteiger partial charge on any atom is -0.497 e. The van der Waals surface area contributed by atoms with Gasteiger partial charge in [-0.05, 0) is 37.5 Å². The van der Waals surface area contributed by atoms with Crippen LogP contribution >= 0.6 is 11.8 Å².